The van der Waals surface area contributed by atoms with Crippen LogP contribution in [0.3, 0.4) is 0 Å². The summed E-state index contributed by atoms with van der Waals surface area (Å²) < 4.78 is 5.18. The lowest BCUT2D eigenvalue weighted by molar-refractivity contribution is 0.109. The highest BCUT2D eigenvalue weighted by Crippen LogP contribution is 2.25. The molecule has 0 spiro atoms. The second kappa shape index (κ2) is 8.56. The fourth-order valence-electron chi connectivity index (χ4n) is 3.85. The molecule has 0 aromatic heterocycles. The van der Waals surface area contributed by atoms with Crippen molar-refractivity contribution in [2.45, 2.75) is 26.4 Å². The van der Waals surface area contributed by atoms with E-state index >= 15 is 0 Å². The largest absolute Gasteiger partial charge is 0.497 e. The Kier molecular flexibility index (Phi) is 6.17. The number of hydrogen-bond donors (Lipinski definition) is 1. The van der Waals surface area contributed by atoms with Gasteiger partial charge >= 0.3 is 0 Å². The summed E-state index contributed by atoms with van der Waals surface area (Å²) in [6, 6.07) is 14.5. The topological polar surface area (TPSA) is 35.9 Å². The van der Waals surface area contributed by atoms with Crippen LogP contribution in [0.5, 0.6) is 5.75 Å². The van der Waals surface area contributed by atoms with Crippen molar-refractivity contribution in [2.75, 3.05) is 44.7 Å². The van der Waals surface area contributed by atoms with Crippen molar-refractivity contribution < 1.29 is 9.84 Å². The molecule has 1 aliphatic rings. The molecule has 4 nitrogen and oxygen atoms in total. The van der Waals surface area contributed by atoms with E-state index in [2.05, 4.69) is 41.8 Å². The van der Waals surface area contributed by atoms with E-state index in [9.17, 15) is 5.11 Å². The standard InChI is InChI=1S/C22H30N2O2/c1-17-5-4-6-18(2)22(17)24-13-11-23(12-14-24)16-20(25)15-19-7-9-21(26-3)10-8-19/h4-10,20,25H,11-16H2,1-3H3. The number of piperazine rings is 1. The van der Waals surface area contributed by atoms with E-state index in [0.29, 0.717) is 6.42 Å². The number of aliphatic hydroxyl groups is 1. The van der Waals surface area contributed by atoms with Gasteiger partial charge in [-0.25, -0.2) is 0 Å². The lowest BCUT2D eigenvalue weighted by Crippen LogP contribution is -2.49. The van der Waals surface area contributed by atoms with Crippen LogP contribution >= 0.6 is 0 Å². The van der Waals surface area contributed by atoms with Crippen molar-refractivity contribution in [1.29, 1.82) is 0 Å². The SMILES string of the molecule is COc1ccc(CC(O)CN2CCN(c3c(C)cccc3C)CC2)cc1. The maximum Gasteiger partial charge on any atom is 0.118 e. The molecule has 1 N–H and O–H groups in total. The van der Waals surface area contributed by atoms with Gasteiger partial charge in [0, 0.05) is 38.4 Å². The van der Waals surface area contributed by atoms with Crippen molar-refractivity contribution in [3.63, 3.8) is 0 Å². The molecule has 3 rings (SSSR count). The summed E-state index contributed by atoms with van der Waals surface area (Å²) in [4.78, 5) is 4.86. The van der Waals surface area contributed by atoms with Gasteiger partial charge in [0.2, 0.25) is 0 Å². The Morgan fingerprint density at radius 1 is 0.962 bits per heavy atom. The van der Waals surface area contributed by atoms with Gasteiger partial charge in [-0.05, 0) is 49.1 Å². The van der Waals surface area contributed by atoms with Crippen LogP contribution in [0.1, 0.15) is 16.7 Å². The Morgan fingerprint density at radius 3 is 2.15 bits per heavy atom. The molecule has 0 bridgehead atoms. The van der Waals surface area contributed by atoms with Gasteiger partial charge < -0.3 is 14.7 Å². The zero-order chi connectivity index (χ0) is 18.5. The van der Waals surface area contributed by atoms with Gasteiger partial charge in [-0.15, -0.1) is 0 Å². The number of aryl methyl sites for hydroxylation is 2. The average Bonchev–Trinajstić information content (AvgIpc) is 2.63. The van der Waals surface area contributed by atoms with Crippen LogP contribution in [0.15, 0.2) is 42.5 Å². The fourth-order valence-corrected chi connectivity index (χ4v) is 3.85. The third kappa shape index (κ3) is 4.57. The van der Waals surface area contributed by atoms with Crippen molar-refractivity contribution >= 4 is 5.69 Å². The predicted molar refractivity (Wildman–Crippen MR) is 107 cm³/mol. The van der Waals surface area contributed by atoms with Crippen LogP contribution in [0.25, 0.3) is 0 Å². The Bertz CT molecular complexity index is 686. The maximum atomic E-state index is 10.5. The molecule has 1 saturated heterocycles. The number of benzene rings is 2. The minimum absolute atomic E-state index is 0.338. The molecule has 1 unspecified atom stereocenters. The van der Waals surface area contributed by atoms with Crippen molar-refractivity contribution in [2.24, 2.45) is 0 Å². The maximum absolute atomic E-state index is 10.5. The van der Waals surface area contributed by atoms with Crippen LogP contribution in [-0.2, 0) is 6.42 Å². The Hall–Kier alpha value is -2.04. The van der Waals surface area contributed by atoms with Gasteiger partial charge in [0.05, 0.1) is 13.2 Å². The number of hydrogen-bond acceptors (Lipinski definition) is 4. The first-order chi connectivity index (χ1) is 12.6. The molecule has 4 heteroatoms. The monoisotopic (exact) mass is 354 g/mol. The number of rotatable bonds is 6. The third-order valence-corrected chi connectivity index (χ3v) is 5.23. The van der Waals surface area contributed by atoms with Gasteiger partial charge in [0.25, 0.3) is 0 Å². The smallest absolute Gasteiger partial charge is 0.118 e. The lowest BCUT2D eigenvalue weighted by Gasteiger charge is -2.38. The lowest BCUT2D eigenvalue weighted by atomic mass is 10.1. The molecule has 0 aliphatic carbocycles. The second-order valence-electron chi connectivity index (χ2n) is 7.23. The van der Waals surface area contributed by atoms with Gasteiger partial charge in [0.15, 0.2) is 0 Å². The predicted octanol–water partition coefficient (Wildman–Crippen LogP) is 3.04. The molecule has 2 aromatic carbocycles. The van der Waals surface area contributed by atoms with Gasteiger partial charge in [0.1, 0.15) is 5.75 Å². The molecule has 0 amide bonds. The highest BCUT2D eigenvalue weighted by Gasteiger charge is 2.21. The van der Waals surface area contributed by atoms with Crippen molar-refractivity contribution in [3.8, 4) is 5.75 Å². The third-order valence-electron chi connectivity index (χ3n) is 5.23. The number of para-hydroxylation sites is 1. The van der Waals surface area contributed by atoms with Crippen LogP contribution in [0.2, 0.25) is 0 Å². The molecule has 1 heterocycles. The summed E-state index contributed by atoms with van der Waals surface area (Å²) in [7, 11) is 1.67. The zero-order valence-electron chi connectivity index (χ0n) is 16.1. The summed E-state index contributed by atoms with van der Waals surface area (Å²) in [6.07, 6.45) is 0.344. The number of anilines is 1. The van der Waals surface area contributed by atoms with E-state index < -0.39 is 0 Å². The van der Waals surface area contributed by atoms with Crippen LogP contribution in [0, 0.1) is 13.8 Å². The molecule has 26 heavy (non-hydrogen) atoms. The molecular formula is C22H30N2O2. The highest BCUT2D eigenvalue weighted by atomic mass is 16.5. The molecular weight excluding hydrogens is 324 g/mol. The average molecular weight is 354 g/mol. The molecule has 2 aromatic rings. The van der Waals surface area contributed by atoms with E-state index in [-0.39, 0.29) is 6.10 Å². The Balaban J connectivity index is 1.50. The van der Waals surface area contributed by atoms with E-state index in [1.54, 1.807) is 7.11 Å². The van der Waals surface area contributed by atoms with E-state index in [1.165, 1.54) is 16.8 Å². The second-order valence-corrected chi connectivity index (χ2v) is 7.23. The van der Waals surface area contributed by atoms with E-state index in [4.69, 9.17) is 4.74 Å². The minimum Gasteiger partial charge on any atom is -0.497 e. The molecule has 1 aliphatic heterocycles. The first-order valence-electron chi connectivity index (χ1n) is 9.41. The fraction of sp³-hybridized carbons (Fsp3) is 0.455. The van der Waals surface area contributed by atoms with Crippen molar-refractivity contribution in [1.82, 2.24) is 4.90 Å². The van der Waals surface area contributed by atoms with Crippen molar-refractivity contribution in [3.05, 3.63) is 59.2 Å². The quantitative estimate of drug-likeness (QED) is 0.865. The molecule has 0 radical (unpaired) electrons. The Labute approximate surface area is 157 Å². The summed E-state index contributed by atoms with van der Waals surface area (Å²) in [5.74, 6) is 0.853. The Morgan fingerprint density at radius 2 is 1.58 bits per heavy atom. The first-order valence-corrected chi connectivity index (χ1v) is 9.41. The van der Waals surface area contributed by atoms with Gasteiger partial charge in [-0.3, -0.25) is 4.90 Å². The summed E-state index contributed by atoms with van der Waals surface area (Å²) in [5.41, 5.74) is 5.22. The number of aliphatic hydroxyl groups excluding tert-OH is 1. The van der Waals surface area contributed by atoms with E-state index in [0.717, 1.165) is 44.0 Å². The van der Waals surface area contributed by atoms with Crippen LogP contribution < -0.4 is 9.64 Å². The molecule has 0 saturated carbocycles. The number of methoxy groups -OCH3 is 1. The zero-order valence-corrected chi connectivity index (χ0v) is 16.1. The van der Waals surface area contributed by atoms with Gasteiger partial charge in [-0.2, -0.15) is 0 Å². The summed E-state index contributed by atoms with van der Waals surface area (Å²) in [6.45, 7) is 9.12. The summed E-state index contributed by atoms with van der Waals surface area (Å²) >= 11 is 0. The molecule has 1 fully saturated rings. The van der Waals surface area contributed by atoms with E-state index in [1.807, 2.05) is 24.3 Å². The normalized spacial score (nSPS) is 16.5. The minimum atomic E-state index is -0.338. The van der Waals surface area contributed by atoms with Crippen LogP contribution in [-0.4, -0.2) is 55.9 Å². The summed E-state index contributed by atoms with van der Waals surface area (Å²) in [5, 5.41) is 10.5. The first kappa shape index (κ1) is 18.7. The van der Waals surface area contributed by atoms with Crippen LogP contribution in [0.4, 0.5) is 5.69 Å². The number of ether oxygens (including phenoxy) is 1. The number of nitrogens with zero attached hydrogens (tertiary/aromatic N) is 2. The highest BCUT2D eigenvalue weighted by molar-refractivity contribution is 5.59. The number of β-amino-alcohol motifs (C(OH)–C–C–N with tert-alkyl or cyclic N) is 1. The molecule has 1 atom stereocenters. The van der Waals surface area contributed by atoms with Gasteiger partial charge in [-0.1, -0.05) is 30.3 Å². The molecule has 140 valence electrons.